The minimum Gasteiger partial charge on any atom is -0.380 e. The second-order valence-electron chi connectivity index (χ2n) is 5.20. The highest BCUT2D eigenvalue weighted by atomic mass is 19.4. The Balaban J connectivity index is 1.78. The average molecular weight is 305 g/mol. The molecule has 6 nitrogen and oxygen atoms in total. The predicted octanol–water partition coefficient (Wildman–Crippen LogP) is 0.807. The number of nitrogens with zero attached hydrogens (tertiary/aromatic N) is 3. The summed E-state index contributed by atoms with van der Waals surface area (Å²) in [6.45, 7) is -0.0266. The van der Waals surface area contributed by atoms with Gasteiger partial charge in [-0.3, -0.25) is 14.4 Å². The Kier molecular flexibility index (Phi) is 4.71. The fourth-order valence-corrected chi connectivity index (χ4v) is 2.41. The molecule has 0 radical (unpaired) electrons. The summed E-state index contributed by atoms with van der Waals surface area (Å²) >= 11 is 0. The van der Waals surface area contributed by atoms with Crippen molar-refractivity contribution >= 4 is 11.6 Å². The zero-order valence-electron chi connectivity index (χ0n) is 11.4. The third kappa shape index (κ3) is 5.25. The normalized spacial score (nSPS) is 17.9. The van der Waals surface area contributed by atoms with Crippen LogP contribution in [0.3, 0.4) is 0 Å². The Morgan fingerprint density at radius 2 is 2.10 bits per heavy atom. The summed E-state index contributed by atoms with van der Waals surface area (Å²) in [6.07, 6.45) is 0.363. The number of piperidine rings is 1. The highest BCUT2D eigenvalue weighted by Crippen LogP contribution is 2.21. The fourth-order valence-electron chi connectivity index (χ4n) is 2.41. The second-order valence-corrected chi connectivity index (χ2v) is 5.20. The van der Waals surface area contributed by atoms with Crippen molar-refractivity contribution in [3.8, 4) is 0 Å². The molecule has 0 unspecified atom stereocenters. The van der Waals surface area contributed by atoms with Crippen LogP contribution in [0.2, 0.25) is 0 Å². The molecule has 21 heavy (non-hydrogen) atoms. The molecule has 1 amide bonds. The lowest BCUT2D eigenvalue weighted by Gasteiger charge is -2.32. The topological polar surface area (TPSA) is 76.2 Å². The molecular formula is C12H18F3N5O. The maximum absolute atomic E-state index is 12.3. The summed E-state index contributed by atoms with van der Waals surface area (Å²) in [4.78, 5) is 12.2. The van der Waals surface area contributed by atoms with Gasteiger partial charge >= 0.3 is 6.18 Å². The summed E-state index contributed by atoms with van der Waals surface area (Å²) in [6, 6.07) is 0.112. The van der Waals surface area contributed by atoms with E-state index in [4.69, 9.17) is 5.73 Å². The first-order valence-electron chi connectivity index (χ1n) is 6.68. The molecule has 0 spiro atoms. The van der Waals surface area contributed by atoms with Gasteiger partial charge in [0, 0.05) is 25.3 Å². The number of carbonyl (C=O) groups excluding carboxylic acids is 1. The highest BCUT2D eigenvalue weighted by molar-refractivity contribution is 5.73. The van der Waals surface area contributed by atoms with Gasteiger partial charge in [-0.05, 0) is 12.8 Å². The van der Waals surface area contributed by atoms with E-state index < -0.39 is 18.6 Å². The summed E-state index contributed by atoms with van der Waals surface area (Å²) in [5, 5.41) is 7.19. The maximum atomic E-state index is 12.3. The molecule has 1 aromatic rings. The van der Waals surface area contributed by atoms with Crippen molar-refractivity contribution in [1.29, 1.82) is 0 Å². The van der Waals surface area contributed by atoms with Crippen LogP contribution in [-0.2, 0) is 11.3 Å². The molecule has 118 valence electrons. The first-order chi connectivity index (χ1) is 9.82. The molecule has 1 aliphatic rings. The molecule has 0 aromatic carbocycles. The Labute approximate surface area is 120 Å². The van der Waals surface area contributed by atoms with Crippen LogP contribution in [0.5, 0.6) is 0 Å². The van der Waals surface area contributed by atoms with E-state index in [1.54, 1.807) is 12.4 Å². The Hall–Kier alpha value is -1.77. The Bertz CT molecular complexity index is 479. The van der Waals surface area contributed by atoms with Crippen molar-refractivity contribution < 1.29 is 18.0 Å². The molecular weight excluding hydrogens is 287 g/mol. The lowest BCUT2D eigenvalue weighted by atomic mass is 10.0. The van der Waals surface area contributed by atoms with Crippen molar-refractivity contribution in [3.63, 3.8) is 0 Å². The van der Waals surface area contributed by atoms with Crippen LogP contribution in [0.1, 0.15) is 12.8 Å². The molecule has 0 aliphatic carbocycles. The lowest BCUT2D eigenvalue weighted by molar-refractivity contribution is -0.147. The monoisotopic (exact) mass is 305 g/mol. The van der Waals surface area contributed by atoms with Crippen molar-refractivity contribution in [2.75, 3.05) is 25.0 Å². The van der Waals surface area contributed by atoms with Crippen LogP contribution in [0.4, 0.5) is 18.9 Å². The van der Waals surface area contributed by atoms with Gasteiger partial charge in [-0.1, -0.05) is 0 Å². The number of alkyl halides is 3. The number of likely N-dealkylation sites (tertiary alicyclic amines) is 1. The number of halogens is 3. The molecule has 3 N–H and O–H groups in total. The summed E-state index contributed by atoms with van der Waals surface area (Å²) in [5.74, 6) is -0.481. The van der Waals surface area contributed by atoms with Crippen LogP contribution >= 0.6 is 0 Å². The molecule has 1 aliphatic heterocycles. The zero-order valence-corrected chi connectivity index (χ0v) is 11.4. The van der Waals surface area contributed by atoms with Crippen molar-refractivity contribution in [2.24, 2.45) is 5.73 Å². The minimum atomic E-state index is -4.14. The molecule has 1 fully saturated rings. The van der Waals surface area contributed by atoms with Crippen molar-refractivity contribution in [1.82, 2.24) is 14.7 Å². The Morgan fingerprint density at radius 1 is 1.43 bits per heavy atom. The number of aromatic nitrogens is 2. The van der Waals surface area contributed by atoms with E-state index in [1.165, 1.54) is 9.58 Å². The largest absolute Gasteiger partial charge is 0.401 e. The van der Waals surface area contributed by atoms with Gasteiger partial charge in [-0.15, -0.1) is 0 Å². The van der Waals surface area contributed by atoms with Gasteiger partial charge in [0.2, 0.25) is 5.91 Å². The predicted molar refractivity (Wildman–Crippen MR) is 70.6 cm³/mol. The third-order valence-corrected chi connectivity index (χ3v) is 3.31. The molecule has 1 aromatic heterocycles. The van der Waals surface area contributed by atoms with Crippen LogP contribution < -0.4 is 11.1 Å². The SMILES string of the molecule is NC(=O)Cn1cc(NC2CCN(CC(F)(F)F)CC2)cn1. The minimum absolute atomic E-state index is 0.00566. The molecule has 1 saturated heterocycles. The van der Waals surface area contributed by atoms with Gasteiger partial charge in [0.25, 0.3) is 0 Å². The lowest BCUT2D eigenvalue weighted by Crippen LogP contribution is -2.43. The van der Waals surface area contributed by atoms with Gasteiger partial charge in [-0.2, -0.15) is 18.3 Å². The second kappa shape index (κ2) is 6.33. The molecule has 2 rings (SSSR count). The van der Waals surface area contributed by atoms with E-state index in [9.17, 15) is 18.0 Å². The number of anilines is 1. The third-order valence-electron chi connectivity index (χ3n) is 3.31. The van der Waals surface area contributed by atoms with Gasteiger partial charge < -0.3 is 11.1 Å². The number of hydrogen-bond acceptors (Lipinski definition) is 4. The van der Waals surface area contributed by atoms with E-state index in [0.29, 0.717) is 25.9 Å². The first kappa shape index (κ1) is 15.6. The smallest absolute Gasteiger partial charge is 0.380 e. The van der Waals surface area contributed by atoms with E-state index in [0.717, 1.165) is 5.69 Å². The van der Waals surface area contributed by atoms with Crippen molar-refractivity contribution in [2.45, 2.75) is 31.6 Å². The molecule has 2 heterocycles. The number of rotatable bonds is 5. The number of primary amides is 1. The molecule has 9 heteroatoms. The van der Waals surface area contributed by atoms with Gasteiger partial charge in [-0.25, -0.2) is 0 Å². The van der Waals surface area contributed by atoms with E-state index in [2.05, 4.69) is 10.4 Å². The van der Waals surface area contributed by atoms with Gasteiger partial charge in [0.1, 0.15) is 6.54 Å². The number of hydrogen-bond donors (Lipinski definition) is 2. The first-order valence-corrected chi connectivity index (χ1v) is 6.68. The Morgan fingerprint density at radius 3 is 2.67 bits per heavy atom. The molecule has 0 bridgehead atoms. The zero-order chi connectivity index (χ0) is 15.5. The number of carbonyl (C=O) groups is 1. The summed E-state index contributed by atoms with van der Waals surface area (Å²) < 4.78 is 38.3. The quantitative estimate of drug-likeness (QED) is 0.844. The van der Waals surface area contributed by atoms with Crippen LogP contribution in [0.25, 0.3) is 0 Å². The maximum Gasteiger partial charge on any atom is 0.401 e. The average Bonchev–Trinajstić information content (AvgIpc) is 2.76. The van der Waals surface area contributed by atoms with E-state index >= 15 is 0 Å². The highest BCUT2D eigenvalue weighted by Gasteiger charge is 2.32. The number of nitrogens with two attached hydrogens (primary N) is 1. The van der Waals surface area contributed by atoms with Gasteiger partial charge in [0.15, 0.2) is 0 Å². The van der Waals surface area contributed by atoms with Crippen LogP contribution in [0.15, 0.2) is 12.4 Å². The molecule has 0 atom stereocenters. The van der Waals surface area contributed by atoms with Crippen LogP contribution in [-0.4, -0.2) is 52.4 Å². The van der Waals surface area contributed by atoms with Crippen molar-refractivity contribution in [3.05, 3.63) is 12.4 Å². The summed E-state index contributed by atoms with van der Waals surface area (Å²) in [5.41, 5.74) is 5.81. The van der Waals surface area contributed by atoms with Gasteiger partial charge in [0.05, 0.1) is 18.4 Å². The molecule has 0 saturated carbocycles. The number of amides is 1. The van der Waals surface area contributed by atoms with Crippen LogP contribution in [0, 0.1) is 0 Å². The summed E-state index contributed by atoms with van der Waals surface area (Å²) in [7, 11) is 0. The van der Waals surface area contributed by atoms with E-state index in [1.807, 2.05) is 0 Å². The fraction of sp³-hybridized carbons (Fsp3) is 0.667. The van der Waals surface area contributed by atoms with E-state index in [-0.39, 0.29) is 12.6 Å². The number of nitrogens with one attached hydrogen (secondary N) is 1. The standard InChI is InChI=1S/C12H18F3N5O/c13-12(14,15)8-19-3-1-9(2-4-19)18-10-5-17-20(6-10)7-11(16)21/h5-6,9,18H,1-4,7-8H2,(H2,16,21).